The summed E-state index contributed by atoms with van der Waals surface area (Å²) in [5.41, 5.74) is 1.39. The van der Waals surface area contributed by atoms with Crippen LogP contribution in [0.25, 0.3) is 0 Å². The number of anilines is 3. The third-order valence-corrected chi connectivity index (χ3v) is 4.47. The molecule has 0 atom stereocenters. The van der Waals surface area contributed by atoms with Crippen molar-refractivity contribution in [1.82, 2.24) is 0 Å². The summed E-state index contributed by atoms with van der Waals surface area (Å²) in [6, 6.07) is 13.4. The summed E-state index contributed by atoms with van der Waals surface area (Å²) in [6.07, 6.45) is 2.07. The lowest BCUT2D eigenvalue weighted by atomic mass is 10.2. The first-order valence-electron chi connectivity index (χ1n) is 6.29. The number of benzene rings is 2. The van der Waals surface area contributed by atoms with E-state index in [4.69, 9.17) is 0 Å². The summed E-state index contributed by atoms with van der Waals surface area (Å²) in [6.45, 7) is 0. The zero-order valence-corrected chi connectivity index (χ0v) is 13.7. The first-order chi connectivity index (χ1) is 10.1. The van der Waals surface area contributed by atoms with E-state index in [1.807, 2.05) is 30.3 Å². The molecule has 0 unspecified atom stereocenters. The highest BCUT2D eigenvalue weighted by Crippen LogP contribution is 2.29. The molecule has 6 nitrogen and oxygen atoms in total. The Balaban J connectivity index is 2.48. The van der Waals surface area contributed by atoms with Gasteiger partial charge in [-0.1, -0.05) is 18.2 Å². The van der Waals surface area contributed by atoms with Crippen molar-refractivity contribution >= 4 is 36.9 Å². The van der Waals surface area contributed by atoms with E-state index in [0.717, 1.165) is 18.2 Å². The zero-order valence-electron chi connectivity index (χ0n) is 12.1. The first-order valence-corrected chi connectivity index (χ1v) is 10.1. The van der Waals surface area contributed by atoms with Gasteiger partial charge in [0.05, 0.1) is 22.5 Å². The highest BCUT2D eigenvalue weighted by atomic mass is 32.2. The Hall–Kier alpha value is -2.06. The van der Waals surface area contributed by atoms with E-state index < -0.39 is 19.9 Å². The standard InChI is InChI=1S/C14H16N2O4S2/c1-21(17,18)12-8-9-13(14(10-12)16-22(2,19)20)15-11-6-4-3-5-7-11/h3-10,15-16H,1-2H3. The molecule has 2 aromatic carbocycles. The number of rotatable bonds is 5. The molecule has 2 rings (SSSR count). The SMILES string of the molecule is CS(=O)(=O)Nc1cc(S(C)(=O)=O)ccc1Nc1ccccc1. The molecule has 0 bridgehead atoms. The van der Waals surface area contributed by atoms with Gasteiger partial charge < -0.3 is 5.32 Å². The van der Waals surface area contributed by atoms with Crippen molar-refractivity contribution in [3.63, 3.8) is 0 Å². The fraction of sp³-hybridized carbons (Fsp3) is 0.143. The van der Waals surface area contributed by atoms with E-state index in [-0.39, 0.29) is 10.6 Å². The van der Waals surface area contributed by atoms with Crippen LogP contribution in [0.15, 0.2) is 53.4 Å². The van der Waals surface area contributed by atoms with E-state index in [1.54, 1.807) is 0 Å². The Kier molecular flexibility index (Phi) is 4.43. The molecule has 0 aliphatic rings. The van der Waals surface area contributed by atoms with Crippen LogP contribution in [0.1, 0.15) is 0 Å². The first kappa shape index (κ1) is 16.3. The molecule has 2 aromatic rings. The van der Waals surface area contributed by atoms with Gasteiger partial charge in [-0.25, -0.2) is 16.8 Å². The molecule has 0 saturated carbocycles. The Morgan fingerprint density at radius 2 is 1.45 bits per heavy atom. The van der Waals surface area contributed by atoms with Gasteiger partial charge >= 0.3 is 0 Å². The molecule has 2 N–H and O–H groups in total. The van der Waals surface area contributed by atoms with Gasteiger partial charge in [0.15, 0.2) is 9.84 Å². The van der Waals surface area contributed by atoms with Crippen molar-refractivity contribution in [2.24, 2.45) is 0 Å². The molecule has 0 saturated heterocycles. The second-order valence-electron chi connectivity index (χ2n) is 4.84. The average molecular weight is 340 g/mol. The molecule has 0 heterocycles. The quantitative estimate of drug-likeness (QED) is 0.870. The lowest BCUT2D eigenvalue weighted by Crippen LogP contribution is -2.12. The van der Waals surface area contributed by atoms with Crippen LogP contribution in [0.4, 0.5) is 17.1 Å². The van der Waals surface area contributed by atoms with Crippen molar-refractivity contribution < 1.29 is 16.8 Å². The highest BCUT2D eigenvalue weighted by molar-refractivity contribution is 7.92. The zero-order chi connectivity index (χ0) is 16.4. The fourth-order valence-corrected chi connectivity index (χ4v) is 3.04. The summed E-state index contributed by atoms with van der Waals surface area (Å²) in [5, 5.41) is 3.05. The lowest BCUT2D eigenvalue weighted by Gasteiger charge is -2.14. The van der Waals surface area contributed by atoms with Crippen LogP contribution in [-0.2, 0) is 19.9 Å². The molecule has 8 heteroatoms. The number of sulfone groups is 1. The molecule has 0 aliphatic carbocycles. The van der Waals surface area contributed by atoms with Crippen LogP contribution in [0, 0.1) is 0 Å². The van der Waals surface area contributed by atoms with E-state index in [0.29, 0.717) is 5.69 Å². The average Bonchev–Trinajstić information content (AvgIpc) is 2.39. The van der Waals surface area contributed by atoms with Crippen LogP contribution < -0.4 is 10.0 Å². The minimum absolute atomic E-state index is 0.0391. The van der Waals surface area contributed by atoms with Gasteiger partial charge in [0, 0.05) is 11.9 Å². The van der Waals surface area contributed by atoms with Gasteiger partial charge in [-0.05, 0) is 30.3 Å². The maximum Gasteiger partial charge on any atom is 0.229 e. The minimum atomic E-state index is -3.54. The Morgan fingerprint density at radius 3 is 2.00 bits per heavy atom. The molecule has 0 fully saturated rings. The lowest BCUT2D eigenvalue weighted by molar-refractivity contribution is 0.601. The molecule has 22 heavy (non-hydrogen) atoms. The van der Waals surface area contributed by atoms with Crippen molar-refractivity contribution in [1.29, 1.82) is 0 Å². The van der Waals surface area contributed by atoms with Gasteiger partial charge in [-0.2, -0.15) is 0 Å². The summed E-state index contributed by atoms with van der Waals surface area (Å²) in [5.74, 6) is 0. The normalized spacial score (nSPS) is 11.9. The molecule has 0 spiro atoms. The summed E-state index contributed by atoms with van der Waals surface area (Å²) in [4.78, 5) is 0.0391. The second kappa shape index (κ2) is 5.98. The highest BCUT2D eigenvalue weighted by Gasteiger charge is 2.13. The second-order valence-corrected chi connectivity index (χ2v) is 8.61. The van der Waals surface area contributed by atoms with Gasteiger partial charge in [-0.3, -0.25) is 4.72 Å². The molecule has 0 aliphatic heterocycles. The van der Waals surface area contributed by atoms with Crippen LogP contribution in [0.2, 0.25) is 0 Å². The van der Waals surface area contributed by atoms with Crippen LogP contribution in [-0.4, -0.2) is 29.3 Å². The fourth-order valence-electron chi connectivity index (χ4n) is 1.82. The predicted molar refractivity (Wildman–Crippen MR) is 87.7 cm³/mol. The smallest absolute Gasteiger partial charge is 0.229 e. The van der Waals surface area contributed by atoms with Crippen LogP contribution in [0.3, 0.4) is 0 Å². The van der Waals surface area contributed by atoms with Crippen LogP contribution >= 0.6 is 0 Å². The third kappa shape index (κ3) is 4.47. The van der Waals surface area contributed by atoms with E-state index in [1.165, 1.54) is 18.2 Å². The van der Waals surface area contributed by atoms with Gasteiger partial charge in [0.25, 0.3) is 0 Å². The largest absolute Gasteiger partial charge is 0.354 e. The van der Waals surface area contributed by atoms with E-state index in [9.17, 15) is 16.8 Å². The Labute approximate surface area is 130 Å². The van der Waals surface area contributed by atoms with Gasteiger partial charge in [-0.15, -0.1) is 0 Å². The number of sulfonamides is 1. The van der Waals surface area contributed by atoms with Crippen LogP contribution in [0.5, 0.6) is 0 Å². The number of nitrogens with one attached hydrogen (secondary N) is 2. The Bertz CT molecular complexity index is 876. The van der Waals surface area contributed by atoms with Crippen molar-refractivity contribution in [2.75, 3.05) is 22.6 Å². The van der Waals surface area contributed by atoms with Crippen molar-refractivity contribution in [3.8, 4) is 0 Å². The summed E-state index contributed by atoms with van der Waals surface area (Å²) in [7, 11) is -6.97. The molecular formula is C14H16N2O4S2. The number of hydrogen-bond acceptors (Lipinski definition) is 5. The molecule has 118 valence electrons. The van der Waals surface area contributed by atoms with Crippen molar-refractivity contribution in [3.05, 3.63) is 48.5 Å². The number of hydrogen-bond donors (Lipinski definition) is 2. The predicted octanol–water partition coefficient (Wildman–Crippen LogP) is 2.21. The number of para-hydroxylation sites is 1. The molecule has 0 amide bonds. The summed E-state index contributed by atoms with van der Waals surface area (Å²) < 4.78 is 48.5. The minimum Gasteiger partial charge on any atom is -0.354 e. The topological polar surface area (TPSA) is 92.3 Å². The molecule has 0 aromatic heterocycles. The monoisotopic (exact) mass is 340 g/mol. The Morgan fingerprint density at radius 1 is 0.818 bits per heavy atom. The maximum atomic E-state index is 11.6. The van der Waals surface area contributed by atoms with E-state index >= 15 is 0 Å². The summed E-state index contributed by atoms with van der Waals surface area (Å²) >= 11 is 0. The molecule has 0 radical (unpaired) electrons. The van der Waals surface area contributed by atoms with E-state index in [2.05, 4.69) is 10.0 Å². The van der Waals surface area contributed by atoms with Gasteiger partial charge in [0.2, 0.25) is 10.0 Å². The van der Waals surface area contributed by atoms with Gasteiger partial charge in [0.1, 0.15) is 0 Å². The molecular weight excluding hydrogens is 324 g/mol. The van der Waals surface area contributed by atoms with Crippen molar-refractivity contribution in [2.45, 2.75) is 4.90 Å². The third-order valence-electron chi connectivity index (χ3n) is 2.77. The maximum absolute atomic E-state index is 11.6.